The number of allylic oxidation sites excluding steroid dienone is 1. The second-order valence-electron chi connectivity index (χ2n) is 2.85. The lowest BCUT2D eigenvalue weighted by atomic mass is 10.2. The first-order chi connectivity index (χ1) is 6.88. The minimum atomic E-state index is 1.06. The Kier molecular flexibility index (Phi) is 4.88. The maximum absolute atomic E-state index is 8.66. The predicted octanol–water partition coefficient (Wildman–Crippen LogP) is 3.69. The molecule has 0 aromatic heterocycles. The molecule has 1 aromatic rings. The summed E-state index contributed by atoms with van der Waals surface area (Å²) < 4.78 is 0. The molecule has 2 heteroatoms. The van der Waals surface area contributed by atoms with E-state index in [1.54, 1.807) is 17.8 Å². The first kappa shape index (κ1) is 10.9. The molecule has 0 radical (unpaired) electrons. The molecule has 1 nitrogen and oxygen atoms in total. The number of rotatable bonds is 4. The molecule has 0 saturated carbocycles. The van der Waals surface area contributed by atoms with Crippen LogP contribution in [0.5, 0.6) is 0 Å². The summed E-state index contributed by atoms with van der Waals surface area (Å²) in [4.78, 5) is 1.06. The van der Waals surface area contributed by atoms with Gasteiger partial charge in [-0.2, -0.15) is 5.26 Å². The SMILES string of the molecule is CCCS/C(=C/C#N)c1ccccc1. The topological polar surface area (TPSA) is 23.8 Å². The van der Waals surface area contributed by atoms with Crippen LogP contribution < -0.4 is 0 Å². The standard InChI is InChI=1S/C12H13NS/c1-2-10-14-12(8-9-13)11-6-4-3-5-7-11/h3-8H,2,10H2,1H3/b12-8+. The van der Waals surface area contributed by atoms with E-state index in [2.05, 4.69) is 13.0 Å². The first-order valence-corrected chi connectivity index (χ1v) is 5.65. The quantitative estimate of drug-likeness (QED) is 0.697. The summed E-state index contributed by atoms with van der Waals surface area (Å²) in [6, 6.07) is 12.1. The van der Waals surface area contributed by atoms with E-state index in [4.69, 9.17) is 5.26 Å². The number of hydrogen-bond acceptors (Lipinski definition) is 2. The predicted molar refractivity (Wildman–Crippen MR) is 62.8 cm³/mol. The van der Waals surface area contributed by atoms with Crippen molar-refractivity contribution in [1.82, 2.24) is 0 Å². The van der Waals surface area contributed by atoms with Crippen molar-refractivity contribution in [2.45, 2.75) is 13.3 Å². The molecule has 1 aromatic carbocycles. The Labute approximate surface area is 89.4 Å². The molecule has 0 fully saturated rings. The Morgan fingerprint density at radius 1 is 1.43 bits per heavy atom. The summed E-state index contributed by atoms with van der Waals surface area (Å²) in [6.45, 7) is 2.14. The van der Waals surface area contributed by atoms with Crippen molar-refractivity contribution >= 4 is 16.7 Å². The van der Waals surface area contributed by atoms with Crippen LogP contribution in [0.1, 0.15) is 18.9 Å². The number of benzene rings is 1. The highest BCUT2D eigenvalue weighted by Gasteiger charge is 2.00. The van der Waals surface area contributed by atoms with Gasteiger partial charge in [-0.25, -0.2) is 0 Å². The van der Waals surface area contributed by atoms with Gasteiger partial charge in [0.15, 0.2) is 0 Å². The molecule has 72 valence electrons. The van der Waals surface area contributed by atoms with Gasteiger partial charge in [-0.1, -0.05) is 37.3 Å². The van der Waals surface area contributed by atoms with E-state index in [9.17, 15) is 0 Å². The highest BCUT2D eigenvalue weighted by Crippen LogP contribution is 2.27. The van der Waals surface area contributed by atoms with E-state index >= 15 is 0 Å². The highest BCUT2D eigenvalue weighted by molar-refractivity contribution is 8.08. The Morgan fingerprint density at radius 2 is 2.14 bits per heavy atom. The van der Waals surface area contributed by atoms with Gasteiger partial charge < -0.3 is 0 Å². The maximum Gasteiger partial charge on any atom is 0.0923 e. The van der Waals surface area contributed by atoms with E-state index in [1.165, 1.54) is 0 Å². The fraction of sp³-hybridized carbons (Fsp3) is 0.250. The summed E-state index contributed by atoms with van der Waals surface area (Å²) >= 11 is 1.74. The first-order valence-electron chi connectivity index (χ1n) is 4.66. The average Bonchev–Trinajstić information content (AvgIpc) is 2.25. The Morgan fingerprint density at radius 3 is 2.71 bits per heavy atom. The monoisotopic (exact) mass is 203 g/mol. The molecular weight excluding hydrogens is 190 g/mol. The van der Waals surface area contributed by atoms with Gasteiger partial charge >= 0.3 is 0 Å². The largest absolute Gasteiger partial charge is 0.193 e. The van der Waals surface area contributed by atoms with Crippen LogP contribution in [0.25, 0.3) is 4.91 Å². The van der Waals surface area contributed by atoms with Gasteiger partial charge in [-0.05, 0) is 17.7 Å². The third-order valence-corrected chi connectivity index (χ3v) is 2.99. The zero-order valence-electron chi connectivity index (χ0n) is 8.23. The number of hydrogen-bond donors (Lipinski definition) is 0. The number of nitriles is 1. The highest BCUT2D eigenvalue weighted by atomic mass is 32.2. The van der Waals surface area contributed by atoms with Gasteiger partial charge in [0.1, 0.15) is 0 Å². The van der Waals surface area contributed by atoms with Crippen molar-refractivity contribution in [1.29, 1.82) is 5.26 Å². The van der Waals surface area contributed by atoms with Crippen molar-refractivity contribution < 1.29 is 0 Å². The Bertz CT molecular complexity index is 335. The van der Waals surface area contributed by atoms with Crippen LogP contribution >= 0.6 is 11.8 Å². The van der Waals surface area contributed by atoms with Gasteiger partial charge in [0.05, 0.1) is 6.07 Å². The van der Waals surface area contributed by atoms with E-state index in [0.29, 0.717) is 0 Å². The van der Waals surface area contributed by atoms with Gasteiger partial charge in [0, 0.05) is 11.0 Å². The van der Waals surface area contributed by atoms with Crippen LogP contribution in [0.2, 0.25) is 0 Å². The van der Waals surface area contributed by atoms with Crippen LogP contribution in [0.3, 0.4) is 0 Å². The van der Waals surface area contributed by atoms with Crippen molar-refractivity contribution in [3.8, 4) is 6.07 Å². The molecule has 0 amide bonds. The van der Waals surface area contributed by atoms with E-state index < -0.39 is 0 Å². The fourth-order valence-electron chi connectivity index (χ4n) is 1.08. The normalized spacial score (nSPS) is 11.0. The lowest BCUT2D eigenvalue weighted by Crippen LogP contribution is -1.81. The summed E-state index contributed by atoms with van der Waals surface area (Å²) in [5, 5.41) is 8.66. The zero-order chi connectivity index (χ0) is 10.2. The molecule has 0 atom stereocenters. The van der Waals surface area contributed by atoms with Gasteiger partial charge in [-0.15, -0.1) is 11.8 Å². The van der Waals surface area contributed by atoms with Crippen LogP contribution in [0.4, 0.5) is 0 Å². The minimum absolute atomic E-state index is 1.06. The third-order valence-electron chi connectivity index (χ3n) is 1.72. The Hall–Kier alpha value is -1.20. The van der Waals surface area contributed by atoms with E-state index in [-0.39, 0.29) is 0 Å². The average molecular weight is 203 g/mol. The lowest BCUT2D eigenvalue weighted by Gasteiger charge is -2.04. The molecule has 0 heterocycles. The molecule has 0 aliphatic rings. The van der Waals surface area contributed by atoms with Gasteiger partial charge in [0.2, 0.25) is 0 Å². The fourth-order valence-corrected chi connectivity index (χ4v) is 1.94. The molecule has 1 rings (SSSR count). The van der Waals surface area contributed by atoms with Crippen molar-refractivity contribution in [2.24, 2.45) is 0 Å². The van der Waals surface area contributed by atoms with Gasteiger partial charge in [-0.3, -0.25) is 0 Å². The third kappa shape index (κ3) is 3.27. The zero-order valence-corrected chi connectivity index (χ0v) is 9.05. The molecule has 0 aliphatic heterocycles. The molecule has 0 unspecified atom stereocenters. The van der Waals surface area contributed by atoms with Crippen LogP contribution in [-0.4, -0.2) is 5.75 Å². The molecule has 0 N–H and O–H groups in total. The smallest absolute Gasteiger partial charge is 0.0923 e. The van der Waals surface area contributed by atoms with Gasteiger partial charge in [0.25, 0.3) is 0 Å². The summed E-state index contributed by atoms with van der Waals surface area (Å²) in [5.41, 5.74) is 1.13. The van der Waals surface area contributed by atoms with Crippen LogP contribution in [-0.2, 0) is 0 Å². The molecule has 14 heavy (non-hydrogen) atoms. The molecule has 0 bridgehead atoms. The maximum atomic E-state index is 8.66. The number of nitrogens with zero attached hydrogens (tertiary/aromatic N) is 1. The Balaban J connectivity index is 2.80. The summed E-state index contributed by atoms with van der Waals surface area (Å²) in [5.74, 6) is 1.06. The summed E-state index contributed by atoms with van der Waals surface area (Å²) in [6.07, 6.45) is 2.75. The van der Waals surface area contributed by atoms with Crippen molar-refractivity contribution in [2.75, 3.05) is 5.75 Å². The van der Waals surface area contributed by atoms with E-state index in [0.717, 1.165) is 22.6 Å². The van der Waals surface area contributed by atoms with Crippen LogP contribution in [0, 0.1) is 11.3 Å². The molecule has 0 aliphatic carbocycles. The molecular formula is C12H13NS. The van der Waals surface area contributed by atoms with Crippen molar-refractivity contribution in [3.05, 3.63) is 42.0 Å². The molecule has 0 saturated heterocycles. The minimum Gasteiger partial charge on any atom is -0.193 e. The molecule has 0 spiro atoms. The van der Waals surface area contributed by atoms with Crippen molar-refractivity contribution in [3.63, 3.8) is 0 Å². The van der Waals surface area contributed by atoms with Crippen LogP contribution in [0.15, 0.2) is 36.4 Å². The second kappa shape index (κ2) is 6.28. The second-order valence-corrected chi connectivity index (χ2v) is 3.99. The number of thioether (sulfide) groups is 1. The summed E-state index contributed by atoms with van der Waals surface area (Å²) in [7, 11) is 0. The van der Waals surface area contributed by atoms with E-state index in [1.807, 2.05) is 30.3 Å². The lowest BCUT2D eigenvalue weighted by molar-refractivity contribution is 1.11.